The first-order valence-corrected chi connectivity index (χ1v) is 12.5. The highest BCUT2D eigenvalue weighted by Crippen LogP contribution is 2.50. The lowest BCUT2D eigenvalue weighted by molar-refractivity contribution is -0.414. The Morgan fingerprint density at radius 1 is 0.676 bits per heavy atom. The van der Waals surface area contributed by atoms with Gasteiger partial charge in [-0.3, -0.25) is 0 Å². The summed E-state index contributed by atoms with van der Waals surface area (Å²) >= 11 is 0. The number of methoxy groups -OCH3 is 1. The summed E-state index contributed by atoms with van der Waals surface area (Å²) in [6, 6.07) is 25.3. The molecule has 3 rings (SSSR count). The highest BCUT2D eigenvalue weighted by atomic mass is 32.2. The van der Waals surface area contributed by atoms with Crippen LogP contribution in [0.3, 0.4) is 0 Å². The van der Waals surface area contributed by atoms with Crippen molar-refractivity contribution in [3.63, 3.8) is 0 Å². The molecule has 0 heterocycles. The topological polar surface area (TPSA) is 27.7 Å². The van der Waals surface area contributed by atoms with Crippen molar-refractivity contribution in [1.82, 2.24) is 0 Å². The molecule has 0 N–H and O–H groups in total. The van der Waals surface area contributed by atoms with Gasteiger partial charge in [-0.15, -0.1) is 0 Å². The fourth-order valence-electron chi connectivity index (χ4n) is 3.89. The largest absolute Gasteiger partial charge is 0.486 e. The molecule has 0 amide bonds. The van der Waals surface area contributed by atoms with Crippen molar-refractivity contribution in [3.8, 4) is 5.75 Å². The van der Waals surface area contributed by atoms with E-state index in [1.165, 1.54) is 26.0 Å². The molecule has 0 saturated carbocycles. The fraction of sp³-hybridized carbons (Fsp3) is 0.333. The van der Waals surface area contributed by atoms with Crippen molar-refractivity contribution in [3.05, 3.63) is 84.9 Å². The minimum absolute atomic E-state index is 0.147. The van der Waals surface area contributed by atoms with Crippen LogP contribution in [0.1, 0.15) is 13.8 Å². The zero-order valence-electron chi connectivity index (χ0n) is 20.3. The third-order valence-corrected chi connectivity index (χ3v) is 7.76. The smallest absolute Gasteiger partial charge is 0.430 e. The van der Waals surface area contributed by atoms with Crippen LogP contribution in [0.15, 0.2) is 99.6 Å². The quantitative estimate of drug-likeness (QED) is 0.149. The number of ether oxygens (including phenoxy) is 3. The van der Waals surface area contributed by atoms with Gasteiger partial charge >= 0.3 is 12.4 Å². The highest BCUT2D eigenvalue weighted by Gasteiger charge is 2.77. The highest BCUT2D eigenvalue weighted by molar-refractivity contribution is 7.97. The third-order valence-electron chi connectivity index (χ3n) is 5.53. The van der Waals surface area contributed by atoms with Gasteiger partial charge in [0, 0.05) is 7.11 Å². The van der Waals surface area contributed by atoms with E-state index in [-0.39, 0.29) is 5.75 Å². The van der Waals surface area contributed by atoms with Crippen LogP contribution >= 0.6 is 0 Å². The van der Waals surface area contributed by atoms with Gasteiger partial charge < -0.3 is 14.2 Å². The molecule has 0 aliphatic heterocycles. The van der Waals surface area contributed by atoms with E-state index in [0.29, 0.717) is 0 Å². The zero-order valence-corrected chi connectivity index (χ0v) is 21.2. The molecule has 1 unspecified atom stereocenters. The summed E-state index contributed by atoms with van der Waals surface area (Å²) in [5, 5.41) is 0. The molecule has 1 atom stereocenters. The van der Waals surface area contributed by atoms with Crippen LogP contribution in [-0.4, -0.2) is 38.0 Å². The van der Waals surface area contributed by atoms with Gasteiger partial charge in [-0.2, -0.15) is 26.3 Å². The molecule has 3 aromatic carbocycles. The molecule has 0 radical (unpaired) electrons. The second-order valence-electron chi connectivity index (χ2n) is 8.47. The van der Waals surface area contributed by atoms with E-state index in [2.05, 4.69) is 9.47 Å². The maximum absolute atomic E-state index is 14.1. The van der Waals surface area contributed by atoms with E-state index in [1.54, 1.807) is 12.1 Å². The molecule has 0 fully saturated rings. The Balaban J connectivity index is 2.01. The Kier molecular flexibility index (Phi) is 9.20. The summed E-state index contributed by atoms with van der Waals surface area (Å²) in [5.74, 6) is -1.37. The monoisotopic (exact) mass is 545 g/mol. The molecule has 37 heavy (non-hydrogen) atoms. The summed E-state index contributed by atoms with van der Waals surface area (Å²) in [6.45, 7) is 1.20. The summed E-state index contributed by atoms with van der Waals surface area (Å²) in [4.78, 5) is 2.83. The van der Waals surface area contributed by atoms with E-state index in [1.807, 2.05) is 60.7 Å². The van der Waals surface area contributed by atoms with Crippen LogP contribution in [0, 0.1) is 5.92 Å². The van der Waals surface area contributed by atoms with Crippen molar-refractivity contribution in [1.29, 1.82) is 0 Å². The lowest BCUT2D eigenvalue weighted by Crippen LogP contribution is -2.68. The molecule has 0 aliphatic carbocycles. The number of alkyl halides is 6. The normalized spacial score (nSPS) is 13.7. The SMILES string of the molecule is COCOC(C(Oc1ccc([S+](c2ccccc2)c2ccccc2)cc1)C(C)C)(C(F)(F)F)C(F)(F)F. The molecule has 10 heteroatoms. The van der Waals surface area contributed by atoms with Crippen molar-refractivity contribution in [2.45, 2.75) is 52.6 Å². The van der Waals surface area contributed by atoms with Crippen LogP contribution < -0.4 is 4.74 Å². The predicted molar refractivity (Wildman–Crippen MR) is 129 cm³/mol. The second-order valence-corrected chi connectivity index (χ2v) is 10.5. The number of hydrogen-bond donors (Lipinski definition) is 0. The van der Waals surface area contributed by atoms with Crippen LogP contribution in [0.4, 0.5) is 26.3 Å². The third kappa shape index (κ3) is 6.25. The summed E-state index contributed by atoms with van der Waals surface area (Å²) in [7, 11) is 0.392. The van der Waals surface area contributed by atoms with Gasteiger partial charge in [0.05, 0.1) is 10.9 Å². The number of halogens is 6. The van der Waals surface area contributed by atoms with Gasteiger partial charge in [-0.05, 0) is 54.4 Å². The zero-order chi connectivity index (χ0) is 27.3. The Hall–Kier alpha value is -2.69. The minimum Gasteiger partial charge on any atom is -0.486 e. The Labute approximate surface area is 214 Å². The maximum Gasteiger partial charge on any atom is 0.430 e. The summed E-state index contributed by atoms with van der Waals surface area (Å²) < 4.78 is 98.7. The van der Waals surface area contributed by atoms with E-state index in [9.17, 15) is 26.3 Å². The Morgan fingerprint density at radius 3 is 1.49 bits per heavy atom. The van der Waals surface area contributed by atoms with E-state index in [0.717, 1.165) is 21.8 Å². The van der Waals surface area contributed by atoms with Gasteiger partial charge in [0.2, 0.25) is 0 Å². The molecule has 0 aromatic heterocycles. The van der Waals surface area contributed by atoms with E-state index in [4.69, 9.17) is 4.74 Å². The lowest BCUT2D eigenvalue weighted by atomic mass is 9.86. The number of hydrogen-bond acceptors (Lipinski definition) is 3. The van der Waals surface area contributed by atoms with Crippen molar-refractivity contribution >= 4 is 10.9 Å². The first kappa shape index (κ1) is 28.9. The summed E-state index contributed by atoms with van der Waals surface area (Å²) in [6.07, 6.45) is -14.1. The average Bonchev–Trinajstić information content (AvgIpc) is 2.84. The fourth-order valence-corrected chi connectivity index (χ4v) is 5.98. The average molecular weight is 546 g/mol. The molecular weight excluding hydrogens is 518 g/mol. The van der Waals surface area contributed by atoms with E-state index >= 15 is 0 Å². The molecule has 0 saturated heterocycles. The van der Waals surface area contributed by atoms with Crippen molar-refractivity contribution in [2.75, 3.05) is 13.9 Å². The van der Waals surface area contributed by atoms with Gasteiger partial charge in [-0.1, -0.05) is 50.2 Å². The standard InChI is InChI=1S/C27H27F6O3S/c1-19(2)24(25(26(28,29)30,27(31,32)33)35-18-34-3)36-20-14-16-23(17-15-20)37(21-10-6-4-7-11-21)22-12-8-5-9-13-22/h4-17,19,24H,18H2,1-3H3/q+1. The number of benzene rings is 3. The van der Waals surface area contributed by atoms with Gasteiger partial charge in [-0.25, -0.2) is 0 Å². The summed E-state index contributed by atoms with van der Waals surface area (Å²) in [5.41, 5.74) is -4.60. The van der Waals surface area contributed by atoms with E-state index < -0.39 is 47.7 Å². The minimum atomic E-state index is -5.83. The lowest BCUT2D eigenvalue weighted by Gasteiger charge is -2.43. The van der Waals surface area contributed by atoms with Crippen molar-refractivity contribution < 1.29 is 40.6 Å². The predicted octanol–water partition coefficient (Wildman–Crippen LogP) is 7.67. The maximum atomic E-state index is 14.1. The van der Waals surface area contributed by atoms with Gasteiger partial charge in [0.1, 0.15) is 18.6 Å². The van der Waals surface area contributed by atoms with Crippen LogP contribution in [0.2, 0.25) is 0 Å². The molecule has 0 bridgehead atoms. The second kappa shape index (κ2) is 11.8. The van der Waals surface area contributed by atoms with Crippen molar-refractivity contribution in [2.24, 2.45) is 5.92 Å². The Bertz CT molecular complexity index is 1050. The molecule has 3 aromatic rings. The molecular formula is C27H27F6O3S+. The first-order valence-electron chi connectivity index (χ1n) is 11.3. The van der Waals surface area contributed by atoms with Gasteiger partial charge in [0.15, 0.2) is 14.7 Å². The molecule has 3 nitrogen and oxygen atoms in total. The molecule has 200 valence electrons. The molecule has 0 aliphatic rings. The van der Waals surface area contributed by atoms with Crippen LogP contribution in [-0.2, 0) is 20.4 Å². The first-order chi connectivity index (χ1) is 17.4. The van der Waals surface area contributed by atoms with Crippen LogP contribution in [0.5, 0.6) is 5.75 Å². The van der Waals surface area contributed by atoms with Gasteiger partial charge in [0.25, 0.3) is 5.60 Å². The Morgan fingerprint density at radius 2 is 1.11 bits per heavy atom. The molecule has 0 spiro atoms. The number of rotatable bonds is 10. The van der Waals surface area contributed by atoms with Crippen LogP contribution in [0.25, 0.3) is 0 Å².